The fraction of sp³-hybridized carbons (Fsp3) is 0. The smallest absolute Gasteiger partial charge is 0.371 e. The van der Waals surface area contributed by atoms with E-state index < -0.39 is 11.9 Å². The van der Waals surface area contributed by atoms with Crippen LogP contribution in [0.3, 0.4) is 0 Å². The van der Waals surface area contributed by atoms with E-state index in [0.29, 0.717) is 11.0 Å². The van der Waals surface area contributed by atoms with Gasteiger partial charge in [-0.1, -0.05) is 0 Å². The summed E-state index contributed by atoms with van der Waals surface area (Å²) in [4.78, 5) is 27.5. The minimum atomic E-state index is -1.18. The number of aromatic nitrogens is 2. The molecule has 0 aliphatic heterocycles. The molecule has 0 unspecified atom stereocenters. The van der Waals surface area contributed by atoms with Gasteiger partial charge in [0.15, 0.2) is 0 Å². The van der Waals surface area contributed by atoms with Crippen LogP contribution in [-0.2, 0) is 0 Å². The molecule has 0 saturated carbocycles. The summed E-state index contributed by atoms with van der Waals surface area (Å²) in [6.45, 7) is 0. The molecule has 0 fully saturated rings. The highest BCUT2D eigenvalue weighted by Crippen LogP contribution is 2.13. The standard InChI is InChI=1S/C9H6N2O4/c12-8(13)4-1-2-5-6(3-4)11-7(10-5)9(14)15/h1-3H,(H,10,11)(H,12,13)(H,14,15). The summed E-state index contributed by atoms with van der Waals surface area (Å²) in [5.74, 6) is -2.45. The molecule has 76 valence electrons. The van der Waals surface area contributed by atoms with Crippen LogP contribution in [0.25, 0.3) is 11.0 Å². The zero-order chi connectivity index (χ0) is 11.0. The van der Waals surface area contributed by atoms with E-state index in [9.17, 15) is 9.59 Å². The molecular formula is C9H6N2O4. The van der Waals surface area contributed by atoms with E-state index in [1.165, 1.54) is 18.2 Å². The number of nitrogens with zero attached hydrogens (tertiary/aromatic N) is 1. The lowest BCUT2D eigenvalue weighted by Gasteiger charge is -1.92. The van der Waals surface area contributed by atoms with Gasteiger partial charge in [0, 0.05) is 0 Å². The number of aromatic carboxylic acids is 2. The summed E-state index contributed by atoms with van der Waals surface area (Å²) < 4.78 is 0. The first-order valence-corrected chi connectivity index (χ1v) is 4.04. The third-order valence-electron chi connectivity index (χ3n) is 1.93. The number of carbonyl (C=O) groups is 2. The largest absolute Gasteiger partial charge is 0.478 e. The maximum atomic E-state index is 10.6. The van der Waals surface area contributed by atoms with Crippen molar-refractivity contribution in [3.63, 3.8) is 0 Å². The highest BCUT2D eigenvalue weighted by atomic mass is 16.4. The molecule has 2 aromatic rings. The van der Waals surface area contributed by atoms with Crippen molar-refractivity contribution in [1.29, 1.82) is 0 Å². The Hall–Kier alpha value is -2.37. The van der Waals surface area contributed by atoms with Gasteiger partial charge in [-0.25, -0.2) is 14.6 Å². The Morgan fingerprint density at radius 3 is 2.53 bits per heavy atom. The van der Waals surface area contributed by atoms with Gasteiger partial charge in [0.2, 0.25) is 5.82 Å². The SMILES string of the molecule is O=C(O)c1ccc2nc(C(=O)O)[nH]c2c1. The van der Waals surface area contributed by atoms with Crippen molar-refractivity contribution in [2.24, 2.45) is 0 Å². The van der Waals surface area contributed by atoms with Crippen LogP contribution >= 0.6 is 0 Å². The zero-order valence-corrected chi connectivity index (χ0v) is 7.39. The molecule has 15 heavy (non-hydrogen) atoms. The molecule has 1 heterocycles. The Bertz CT molecular complexity index is 546. The number of rotatable bonds is 2. The van der Waals surface area contributed by atoms with Gasteiger partial charge in [0.05, 0.1) is 16.6 Å². The number of nitrogens with one attached hydrogen (secondary N) is 1. The fourth-order valence-corrected chi connectivity index (χ4v) is 1.24. The number of imidazole rings is 1. The summed E-state index contributed by atoms with van der Waals surface area (Å²) in [6, 6.07) is 4.18. The van der Waals surface area contributed by atoms with E-state index in [0.717, 1.165) is 0 Å². The molecule has 1 aromatic heterocycles. The molecular weight excluding hydrogens is 200 g/mol. The van der Waals surface area contributed by atoms with Crippen LogP contribution < -0.4 is 0 Å². The van der Waals surface area contributed by atoms with Gasteiger partial charge in [0.25, 0.3) is 0 Å². The number of hydrogen-bond donors (Lipinski definition) is 3. The van der Waals surface area contributed by atoms with Crippen LogP contribution in [0.4, 0.5) is 0 Å². The maximum absolute atomic E-state index is 10.6. The summed E-state index contributed by atoms with van der Waals surface area (Å²) >= 11 is 0. The van der Waals surface area contributed by atoms with Gasteiger partial charge in [0.1, 0.15) is 0 Å². The lowest BCUT2D eigenvalue weighted by Crippen LogP contribution is -1.97. The lowest BCUT2D eigenvalue weighted by molar-refractivity contribution is 0.0679. The van der Waals surface area contributed by atoms with E-state index in [4.69, 9.17) is 10.2 Å². The Morgan fingerprint density at radius 1 is 1.20 bits per heavy atom. The van der Waals surface area contributed by atoms with Gasteiger partial charge in [-0.2, -0.15) is 0 Å². The first kappa shape index (κ1) is 9.20. The van der Waals surface area contributed by atoms with Gasteiger partial charge >= 0.3 is 11.9 Å². The second kappa shape index (κ2) is 3.09. The molecule has 0 aliphatic carbocycles. The minimum Gasteiger partial charge on any atom is -0.478 e. The van der Waals surface area contributed by atoms with Crippen molar-refractivity contribution >= 4 is 23.0 Å². The first-order chi connectivity index (χ1) is 7.08. The number of hydrogen-bond acceptors (Lipinski definition) is 3. The van der Waals surface area contributed by atoms with E-state index in [2.05, 4.69) is 9.97 Å². The number of aromatic amines is 1. The van der Waals surface area contributed by atoms with Crippen LogP contribution in [0.5, 0.6) is 0 Å². The zero-order valence-electron chi connectivity index (χ0n) is 7.39. The van der Waals surface area contributed by atoms with Crippen LogP contribution in [0.1, 0.15) is 21.0 Å². The molecule has 0 atom stereocenters. The van der Waals surface area contributed by atoms with Crippen molar-refractivity contribution in [1.82, 2.24) is 9.97 Å². The highest BCUT2D eigenvalue weighted by molar-refractivity contribution is 5.94. The molecule has 0 saturated heterocycles. The molecule has 1 aromatic carbocycles. The van der Waals surface area contributed by atoms with Crippen LogP contribution in [-0.4, -0.2) is 32.1 Å². The summed E-state index contributed by atoms with van der Waals surface area (Å²) in [6.07, 6.45) is 0. The summed E-state index contributed by atoms with van der Waals surface area (Å²) in [5, 5.41) is 17.4. The Morgan fingerprint density at radius 2 is 1.93 bits per heavy atom. The average molecular weight is 206 g/mol. The molecule has 0 spiro atoms. The maximum Gasteiger partial charge on any atom is 0.371 e. The molecule has 6 heteroatoms. The van der Waals surface area contributed by atoms with Crippen molar-refractivity contribution in [3.8, 4) is 0 Å². The lowest BCUT2D eigenvalue weighted by atomic mass is 10.2. The fourth-order valence-electron chi connectivity index (χ4n) is 1.24. The third kappa shape index (κ3) is 1.52. The van der Waals surface area contributed by atoms with Gasteiger partial charge in [-0.05, 0) is 18.2 Å². The molecule has 6 nitrogen and oxygen atoms in total. The van der Waals surface area contributed by atoms with Crippen molar-refractivity contribution in [3.05, 3.63) is 29.6 Å². The quantitative estimate of drug-likeness (QED) is 0.678. The second-order valence-corrected chi connectivity index (χ2v) is 2.93. The van der Waals surface area contributed by atoms with E-state index in [1.807, 2.05) is 0 Å². The highest BCUT2D eigenvalue weighted by Gasteiger charge is 2.11. The van der Waals surface area contributed by atoms with E-state index in [1.54, 1.807) is 0 Å². The normalized spacial score (nSPS) is 10.4. The number of benzene rings is 1. The first-order valence-electron chi connectivity index (χ1n) is 4.04. The average Bonchev–Trinajstić information content (AvgIpc) is 2.59. The number of fused-ring (bicyclic) bond motifs is 1. The van der Waals surface area contributed by atoms with E-state index in [-0.39, 0.29) is 11.4 Å². The van der Waals surface area contributed by atoms with Gasteiger partial charge in [-0.3, -0.25) is 0 Å². The Balaban J connectivity index is 2.62. The van der Waals surface area contributed by atoms with Crippen LogP contribution in [0.15, 0.2) is 18.2 Å². The summed E-state index contributed by atoms with van der Waals surface area (Å²) in [5.41, 5.74) is 0.910. The monoisotopic (exact) mass is 206 g/mol. The predicted octanol–water partition coefficient (Wildman–Crippen LogP) is 0.959. The van der Waals surface area contributed by atoms with Crippen molar-refractivity contribution < 1.29 is 19.8 Å². The summed E-state index contributed by atoms with van der Waals surface area (Å²) in [7, 11) is 0. The second-order valence-electron chi connectivity index (χ2n) is 2.93. The number of carboxylic acids is 2. The molecule has 0 aliphatic rings. The van der Waals surface area contributed by atoms with Crippen LogP contribution in [0.2, 0.25) is 0 Å². The van der Waals surface area contributed by atoms with Crippen molar-refractivity contribution in [2.75, 3.05) is 0 Å². The molecule has 0 radical (unpaired) electrons. The van der Waals surface area contributed by atoms with Crippen molar-refractivity contribution in [2.45, 2.75) is 0 Å². The molecule has 0 bridgehead atoms. The molecule has 3 N–H and O–H groups in total. The minimum absolute atomic E-state index is 0.0862. The Kier molecular flexibility index (Phi) is 1.89. The predicted molar refractivity (Wildman–Crippen MR) is 50.0 cm³/mol. The number of H-pyrrole nitrogens is 1. The van der Waals surface area contributed by atoms with Gasteiger partial charge in [-0.15, -0.1) is 0 Å². The third-order valence-corrected chi connectivity index (χ3v) is 1.93. The van der Waals surface area contributed by atoms with Crippen LogP contribution in [0, 0.1) is 0 Å². The number of carboxylic acid groups (broad SMARTS) is 2. The van der Waals surface area contributed by atoms with Gasteiger partial charge < -0.3 is 15.2 Å². The molecule has 2 rings (SSSR count). The Labute approximate surface area is 83.2 Å². The molecule has 0 amide bonds. The van der Waals surface area contributed by atoms with E-state index >= 15 is 0 Å². The topological polar surface area (TPSA) is 103 Å².